The molecule has 3 aromatic rings. The van der Waals surface area contributed by atoms with Gasteiger partial charge in [-0.2, -0.15) is 5.10 Å². The molecule has 2 aromatic heterocycles. The minimum atomic E-state index is -0.208. The van der Waals surface area contributed by atoms with Crippen molar-refractivity contribution in [3.05, 3.63) is 35.9 Å². The topological polar surface area (TPSA) is 113 Å². The van der Waals surface area contributed by atoms with E-state index in [2.05, 4.69) is 30.9 Å². The van der Waals surface area contributed by atoms with E-state index in [0.717, 1.165) is 19.4 Å². The average Bonchev–Trinajstić information content (AvgIpc) is 3.44. The molecule has 1 aliphatic rings. The number of carbonyl (C=O) groups excluding carboxylic acids is 1. The number of nitrogens with zero attached hydrogens (tertiary/aromatic N) is 7. The maximum Gasteiger partial charge on any atom is 0.234 e. The van der Waals surface area contributed by atoms with Crippen LogP contribution in [-0.4, -0.2) is 59.3 Å². The van der Waals surface area contributed by atoms with Crippen molar-refractivity contribution < 1.29 is 9.53 Å². The lowest BCUT2D eigenvalue weighted by atomic mass is 10.2. The highest BCUT2D eigenvalue weighted by atomic mass is 35.5. The first-order chi connectivity index (χ1) is 13.7. The third kappa shape index (κ3) is 4.49. The van der Waals surface area contributed by atoms with Gasteiger partial charge < -0.3 is 10.1 Å². The molecule has 3 heterocycles. The van der Waals surface area contributed by atoms with Crippen LogP contribution in [0.25, 0.3) is 5.69 Å². The normalized spacial score (nSPS) is 16.4. The SMILES string of the molecule is O=C(CSc1nnnn1CC1CCCO1)Nc1cc(Cl)ccc1-n1cncn1. The van der Waals surface area contributed by atoms with Crippen molar-refractivity contribution in [3.63, 3.8) is 0 Å². The summed E-state index contributed by atoms with van der Waals surface area (Å²) in [5.74, 6) is -0.0600. The second-order valence-electron chi connectivity index (χ2n) is 6.12. The van der Waals surface area contributed by atoms with Crippen molar-refractivity contribution in [2.45, 2.75) is 30.6 Å². The zero-order chi connectivity index (χ0) is 19.3. The summed E-state index contributed by atoms with van der Waals surface area (Å²) >= 11 is 7.34. The van der Waals surface area contributed by atoms with Crippen molar-refractivity contribution in [3.8, 4) is 5.69 Å². The second kappa shape index (κ2) is 8.67. The van der Waals surface area contributed by atoms with Gasteiger partial charge in [0.2, 0.25) is 11.1 Å². The van der Waals surface area contributed by atoms with Crippen LogP contribution in [0.2, 0.25) is 5.02 Å². The summed E-state index contributed by atoms with van der Waals surface area (Å²) in [5.41, 5.74) is 1.21. The van der Waals surface area contributed by atoms with E-state index >= 15 is 0 Å². The third-order valence-electron chi connectivity index (χ3n) is 4.13. The predicted octanol–water partition coefficient (Wildman–Crippen LogP) is 1.82. The molecule has 10 nitrogen and oxygen atoms in total. The summed E-state index contributed by atoms with van der Waals surface area (Å²) in [5, 5.41) is 19.7. The lowest BCUT2D eigenvalue weighted by Crippen LogP contribution is -2.19. The van der Waals surface area contributed by atoms with Crippen LogP contribution in [0.5, 0.6) is 0 Å². The van der Waals surface area contributed by atoms with Crippen LogP contribution in [0.1, 0.15) is 12.8 Å². The van der Waals surface area contributed by atoms with Gasteiger partial charge in [-0.1, -0.05) is 23.4 Å². The number of ether oxygens (including phenoxy) is 1. The van der Waals surface area contributed by atoms with Gasteiger partial charge in [-0.15, -0.1) is 5.10 Å². The van der Waals surface area contributed by atoms with Gasteiger partial charge in [0.15, 0.2) is 0 Å². The Morgan fingerprint density at radius 1 is 1.43 bits per heavy atom. The predicted molar refractivity (Wildman–Crippen MR) is 103 cm³/mol. The number of hydrogen-bond donors (Lipinski definition) is 1. The fourth-order valence-corrected chi connectivity index (χ4v) is 3.71. The Balaban J connectivity index is 1.39. The Labute approximate surface area is 169 Å². The van der Waals surface area contributed by atoms with Crippen molar-refractivity contribution in [2.24, 2.45) is 0 Å². The first-order valence-corrected chi connectivity index (χ1v) is 10.0. The lowest BCUT2D eigenvalue weighted by Gasteiger charge is -2.12. The van der Waals surface area contributed by atoms with Crippen LogP contribution in [0.3, 0.4) is 0 Å². The number of nitrogens with one attached hydrogen (secondary N) is 1. The van der Waals surface area contributed by atoms with Gasteiger partial charge in [-0.05, 0) is 41.5 Å². The Kier molecular flexibility index (Phi) is 5.84. The molecule has 1 amide bonds. The van der Waals surface area contributed by atoms with E-state index < -0.39 is 0 Å². The van der Waals surface area contributed by atoms with Gasteiger partial charge in [-0.25, -0.2) is 14.3 Å². The minimum absolute atomic E-state index is 0.119. The Morgan fingerprint density at radius 3 is 3.14 bits per heavy atom. The molecule has 1 fully saturated rings. The summed E-state index contributed by atoms with van der Waals surface area (Å²) in [6.07, 6.45) is 5.13. The Morgan fingerprint density at radius 2 is 2.36 bits per heavy atom. The summed E-state index contributed by atoms with van der Waals surface area (Å²) < 4.78 is 8.85. The number of tetrazole rings is 1. The standard InChI is InChI=1S/C16H17ClN8O2S/c17-11-3-4-14(25-10-18-9-19-25)13(6-11)20-15(26)8-28-16-21-22-23-24(16)7-12-2-1-5-27-12/h3-4,6,9-10,12H,1-2,5,7-8H2,(H,20,26). The van der Waals surface area contributed by atoms with Crippen LogP contribution < -0.4 is 5.32 Å². The van der Waals surface area contributed by atoms with E-state index in [1.165, 1.54) is 18.1 Å². The van der Waals surface area contributed by atoms with Gasteiger partial charge in [0.1, 0.15) is 12.7 Å². The Bertz CT molecular complexity index is 942. The van der Waals surface area contributed by atoms with Gasteiger partial charge in [0.25, 0.3) is 0 Å². The molecule has 1 saturated heterocycles. The van der Waals surface area contributed by atoms with Gasteiger partial charge >= 0.3 is 0 Å². The molecular formula is C16H17ClN8O2S. The highest BCUT2D eigenvalue weighted by molar-refractivity contribution is 7.99. The highest BCUT2D eigenvalue weighted by Crippen LogP contribution is 2.25. The number of amides is 1. The maximum atomic E-state index is 12.5. The molecule has 1 aliphatic heterocycles. The van der Waals surface area contributed by atoms with Crippen molar-refractivity contribution in [2.75, 3.05) is 17.7 Å². The zero-order valence-electron chi connectivity index (χ0n) is 14.7. The fourth-order valence-electron chi connectivity index (χ4n) is 2.85. The number of hydrogen-bond acceptors (Lipinski definition) is 8. The molecule has 1 atom stereocenters. The molecule has 1 N–H and O–H groups in total. The van der Waals surface area contributed by atoms with E-state index in [1.54, 1.807) is 33.9 Å². The number of halogens is 1. The van der Waals surface area contributed by atoms with E-state index in [1.807, 2.05) is 0 Å². The molecule has 0 aliphatic carbocycles. The summed E-state index contributed by atoms with van der Waals surface area (Å²) in [7, 11) is 0. The zero-order valence-corrected chi connectivity index (χ0v) is 16.3. The van der Waals surface area contributed by atoms with Crippen molar-refractivity contribution in [1.82, 2.24) is 35.0 Å². The van der Waals surface area contributed by atoms with Crippen LogP contribution >= 0.6 is 23.4 Å². The number of carbonyl (C=O) groups is 1. The first kappa shape index (κ1) is 18.8. The van der Waals surface area contributed by atoms with Crippen LogP contribution in [-0.2, 0) is 16.1 Å². The molecule has 28 heavy (non-hydrogen) atoms. The number of benzene rings is 1. The van der Waals surface area contributed by atoms with E-state index in [4.69, 9.17) is 16.3 Å². The second-order valence-corrected chi connectivity index (χ2v) is 7.50. The molecular weight excluding hydrogens is 404 g/mol. The van der Waals surface area contributed by atoms with E-state index in [9.17, 15) is 4.79 Å². The first-order valence-electron chi connectivity index (χ1n) is 8.64. The molecule has 0 radical (unpaired) electrons. The van der Waals surface area contributed by atoms with Crippen LogP contribution in [0.4, 0.5) is 5.69 Å². The smallest absolute Gasteiger partial charge is 0.234 e. The maximum absolute atomic E-state index is 12.5. The largest absolute Gasteiger partial charge is 0.376 e. The minimum Gasteiger partial charge on any atom is -0.376 e. The van der Waals surface area contributed by atoms with Gasteiger partial charge in [0, 0.05) is 11.6 Å². The monoisotopic (exact) mass is 420 g/mol. The number of aromatic nitrogens is 7. The molecule has 0 bridgehead atoms. The van der Waals surface area contributed by atoms with Gasteiger partial charge in [0.05, 0.1) is 29.8 Å². The van der Waals surface area contributed by atoms with E-state index in [0.29, 0.717) is 28.1 Å². The molecule has 0 spiro atoms. The van der Waals surface area contributed by atoms with Gasteiger partial charge in [-0.3, -0.25) is 4.79 Å². The van der Waals surface area contributed by atoms with Crippen LogP contribution in [0, 0.1) is 0 Å². The summed E-state index contributed by atoms with van der Waals surface area (Å²) in [4.78, 5) is 16.4. The average molecular weight is 421 g/mol. The number of thioether (sulfide) groups is 1. The lowest BCUT2D eigenvalue weighted by molar-refractivity contribution is -0.113. The quantitative estimate of drug-likeness (QED) is 0.576. The highest BCUT2D eigenvalue weighted by Gasteiger charge is 2.19. The molecule has 1 aromatic carbocycles. The summed E-state index contributed by atoms with van der Waals surface area (Å²) in [6.45, 7) is 1.35. The van der Waals surface area contributed by atoms with Crippen molar-refractivity contribution >= 4 is 35.0 Å². The van der Waals surface area contributed by atoms with Crippen LogP contribution in [0.15, 0.2) is 36.0 Å². The third-order valence-corrected chi connectivity index (χ3v) is 5.32. The fraction of sp³-hybridized carbons (Fsp3) is 0.375. The number of rotatable bonds is 7. The molecule has 4 rings (SSSR count). The summed E-state index contributed by atoms with van der Waals surface area (Å²) in [6, 6.07) is 5.16. The van der Waals surface area contributed by atoms with Crippen molar-refractivity contribution in [1.29, 1.82) is 0 Å². The molecule has 1 unspecified atom stereocenters. The molecule has 12 heteroatoms. The molecule has 146 valence electrons. The Hall–Kier alpha value is -2.50. The number of anilines is 1. The van der Waals surface area contributed by atoms with E-state index in [-0.39, 0.29) is 17.8 Å². The molecule has 0 saturated carbocycles.